The quantitative estimate of drug-likeness (QED) is 0.651. The van der Waals surface area contributed by atoms with Crippen molar-refractivity contribution in [1.29, 1.82) is 0 Å². The van der Waals surface area contributed by atoms with Crippen molar-refractivity contribution in [2.75, 3.05) is 53.0 Å². The molecule has 0 aromatic rings. The summed E-state index contributed by atoms with van der Waals surface area (Å²) in [6.45, 7) is 9.62. The van der Waals surface area contributed by atoms with Crippen LogP contribution in [0.25, 0.3) is 0 Å². The van der Waals surface area contributed by atoms with E-state index >= 15 is 0 Å². The third kappa shape index (κ3) is 5.47. The van der Waals surface area contributed by atoms with Gasteiger partial charge in [0.25, 0.3) is 0 Å². The molecule has 0 amide bonds. The van der Waals surface area contributed by atoms with E-state index in [2.05, 4.69) is 22.0 Å². The molecule has 5 nitrogen and oxygen atoms in total. The normalized spacial score (nSPS) is 25.4. The lowest BCUT2D eigenvalue weighted by Crippen LogP contribution is -2.44. The maximum absolute atomic E-state index is 5.67. The van der Waals surface area contributed by atoms with Crippen LogP contribution in [-0.4, -0.2) is 74.6 Å². The molecule has 0 aliphatic carbocycles. The number of likely N-dealkylation sites (N-methyl/N-ethyl adjacent to an activating group) is 1. The molecule has 19 heavy (non-hydrogen) atoms. The fourth-order valence-corrected chi connectivity index (χ4v) is 2.47. The minimum Gasteiger partial charge on any atom is -0.392 e. The highest BCUT2D eigenvalue weighted by Gasteiger charge is 2.15. The van der Waals surface area contributed by atoms with Crippen molar-refractivity contribution in [1.82, 2.24) is 9.80 Å². The van der Waals surface area contributed by atoms with Gasteiger partial charge in [-0.3, -0.25) is 0 Å². The topological polar surface area (TPSA) is 37.3 Å². The molecule has 2 aliphatic heterocycles. The Morgan fingerprint density at radius 3 is 2.74 bits per heavy atom. The Bertz CT molecular complexity index is 288. The van der Waals surface area contributed by atoms with E-state index in [4.69, 9.17) is 9.57 Å². The summed E-state index contributed by atoms with van der Waals surface area (Å²) in [5, 5.41) is 4.04. The Morgan fingerprint density at radius 1 is 1.26 bits per heavy atom. The average Bonchev–Trinajstić information content (AvgIpc) is 2.81. The maximum atomic E-state index is 5.67. The minimum absolute atomic E-state index is 0.257. The fraction of sp³-hybridized carbons (Fsp3) is 0.929. The molecule has 0 aromatic carbocycles. The molecule has 2 rings (SSSR count). The fourth-order valence-electron chi connectivity index (χ4n) is 2.47. The molecule has 110 valence electrons. The van der Waals surface area contributed by atoms with Crippen molar-refractivity contribution >= 4 is 5.71 Å². The van der Waals surface area contributed by atoms with Gasteiger partial charge in [-0.2, -0.15) is 0 Å². The van der Waals surface area contributed by atoms with Crippen LogP contribution in [0, 0.1) is 0 Å². The Kier molecular flexibility index (Phi) is 6.07. The first-order valence-corrected chi connectivity index (χ1v) is 7.44. The summed E-state index contributed by atoms with van der Waals surface area (Å²) in [5.74, 6) is 0. The van der Waals surface area contributed by atoms with Gasteiger partial charge in [0.1, 0.15) is 6.10 Å². The molecule has 1 saturated heterocycles. The first-order chi connectivity index (χ1) is 9.24. The van der Waals surface area contributed by atoms with E-state index in [1.807, 2.05) is 6.92 Å². The monoisotopic (exact) mass is 269 g/mol. The van der Waals surface area contributed by atoms with E-state index in [0.717, 1.165) is 44.7 Å². The van der Waals surface area contributed by atoms with Crippen LogP contribution in [0.2, 0.25) is 0 Å². The third-order valence-electron chi connectivity index (χ3n) is 3.78. The van der Waals surface area contributed by atoms with Gasteiger partial charge in [0.15, 0.2) is 0 Å². The molecule has 1 atom stereocenters. The highest BCUT2D eigenvalue weighted by Crippen LogP contribution is 2.11. The van der Waals surface area contributed by atoms with Crippen LogP contribution in [0.5, 0.6) is 0 Å². The first kappa shape index (κ1) is 14.8. The van der Waals surface area contributed by atoms with Crippen LogP contribution in [-0.2, 0) is 9.57 Å². The van der Waals surface area contributed by atoms with Crippen LogP contribution < -0.4 is 0 Å². The van der Waals surface area contributed by atoms with Crippen molar-refractivity contribution in [3.05, 3.63) is 0 Å². The van der Waals surface area contributed by atoms with Crippen LogP contribution in [0.3, 0.4) is 0 Å². The molecule has 0 spiro atoms. The summed E-state index contributed by atoms with van der Waals surface area (Å²) in [7, 11) is 2.19. The third-order valence-corrected chi connectivity index (χ3v) is 3.78. The van der Waals surface area contributed by atoms with Gasteiger partial charge in [0.2, 0.25) is 0 Å². The van der Waals surface area contributed by atoms with E-state index in [1.54, 1.807) is 0 Å². The highest BCUT2D eigenvalue weighted by molar-refractivity contribution is 5.85. The molecular weight excluding hydrogens is 242 g/mol. The lowest BCUT2D eigenvalue weighted by Gasteiger charge is -2.32. The van der Waals surface area contributed by atoms with Gasteiger partial charge in [-0.1, -0.05) is 5.16 Å². The predicted molar refractivity (Wildman–Crippen MR) is 76.6 cm³/mol. The van der Waals surface area contributed by atoms with Crippen molar-refractivity contribution in [2.24, 2.45) is 5.16 Å². The molecule has 5 heteroatoms. The molecule has 1 fully saturated rings. The van der Waals surface area contributed by atoms with E-state index in [9.17, 15) is 0 Å². The SMILES string of the molecule is C[C@@H]1CC(CCOCCCN2CCN(C)CC2)=NO1. The number of hydrogen-bond donors (Lipinski definition) is 0. The number of nitrogens with zero attached hydrogens (tertiary/aromatic N) is 3. The van der Waals surface area contributed by atoms with E-state index in [1.165, 1.54) is 26.2 Å². The Morgan fingerprint density at radius 2 is 2.05 bits per heavy atom. The second kappa shape index (κ2) is 7.82. The molecular formula is C14H27N3O2. The van der Waals surface area contributed by atoms with Crippen LogP contribution in [0.15, 0.2) is 5.16 Å². The summed E-state index contributed by atoms with van der Waals surface area (Å²) in [5.41, 5.74) is 1.14. The molecule has 0 N–H and O–H groups in total. The van der Waals surface area contributed by atoms with Crippen LogP contribution >= 0.6 is 0 Å². The van der Waals surface area contributed by atoms with E-state index < -0.39 is 0 Å². The van der Waals surface area contributed by atoms with Gasteiger partial charge in [-0.05, 0) is 20.4 Å². The standard InChI is InChI=1S/C14H27N3O2/c1-13-12-14(15-19-13)4-11-18-10-3-5-17-8-6-16(2)7-9-17/h13H,3-12H2,1-2H3/t13-/m1/s1. The lowest BCUT2D eigenvalue weighted by molar-refractivity contribution is 0.0991. The van der Waals surface area contributed by atoms with Crippen molar-refractivity contribution in [3.8, 4) is 0 Å². The summed E-state index contributed by atoms with van der Waals surface area (Å²) >= 11 is 0. The number of oxime groups is 1. The van der Waals surface area contributed by atoms with Gasteiger partial charge in [-0.15, -0.1) is 0 Å². The zero-order valence-corrected chi connectivity index (χ0v) is 12.3. The van der Waals surface area contributed by atoms with Gasteiger partial charge in [0, 0.05) is 52.2 Å². The summed E-state index contributed by atoms with van der Waals surface area (Å²) in [6, 6.07) is 0. The molecule has 2 aliphatic rings. The number of ether oxygens (including phenoxy) is 1. The zero-order chi connectivity index (χ0) is 13.5. The molecule has 0 radical (unpaired) electrons. The van der Waals surface area contributed by atoms with Crippen LogP contribution in [0.4, 0.5) is 0 Å². The van der Waals surface area contributed by atoms with Gasteiger partial charge in [-0.25, -0.2) is 0 Å². The summed E-state index contributed by atoms with van der Waals surface area (Å²) < 4.78 is 5.67. The van der Waals surface area contributed by atoms with E-state index in [-0.39, 0.29) is 6.10 Å². The Labute approximate surface area is 116 Å². The minimum atomic E-state index is 0.257. The molecule has 0 saturated carbocycles. The lowest BCUT2D eigenvalue weighted by atomic mass is 10.1. The van der Waals surface area contributed by atoms with Gasteiger partial charge in [0.05, 0.1) is 12.3 Å². The van der Waals surface area contributed by atoms with Gasteiger partial charge >= 0.3 is 0 Å². The second-order valence-corrected chi connectivity index (χ2v) is 5.64. The van der Waals surface area contributed by atoms with Crippen molar-refractivity contribution in [3.63, 3.8) is 0 Å². The van der Waals surface area contributed by atoms with E-state index in [0.29, 0.717) is 0 Å². The summed E-state index contributed by atoms with van der Waals surface area (Å²) in [6.07, 6.45) is 3.26. The smallest absolute Gasteiger partial charge is 0.130 e. The number of hydrogen-bond acceptors (Lipinski definition) is 5. The van der Waals surface area contributed by atoms with Gasteiger partial charge < -0.3 is 19.4 Å². The zero-order valence-electron chi connectivity index (χ0n) is 12.3. The van der Waals surface area contributed by atoms with Crippen molar-refractivity contribution in [2.45, 2.75) is 32.3 Å². The highest BCUT2D eigenvalue weighted by atomic mass is 16.6. The summed E-state index contributed by atoms with van der Waals surface area (Å²) in [4.78, 5) is 10.1. The molecule has 0 unspecified atom stereocenters. The number of rotatable bonds is 7. The van der Waals surface area contributed by atoms with Crippen LogP contribution in [0.1, 0.15) is 26.2 Å². The Balaban J connectivity index is 1.42. The largest absolute Gasteiger partial charge is 0.392 e. The predicted octanol–water partition coefficient (Wildman–Crippen LogP) is 1.20. The molecule has 0 aromatic heterocycles. The second-order valence-electron chi connectivity index (χ2n) is 5.64. The maximum Gasteiger partial charge on any atom is 0.130 e. The Hall–Kier alpha value is -0.650. The first-order valence-electron chi connectivity index (χ1n) is 7.44. The molecule has 2 heterocycles. The molecule has 0 bridgehead atoms. The van der Waals surface area contributed by atoms with Crippen molar-refractivity contribution < 1.29 is 9.57 Å². The average molecular weight is 269 g/mol. The number of piperazine rings is 1.